The lowest BCUT2D eigenvalue weighted by atomic mass is 9.86. The van der Waals surface area contributed by atoms with Crippen LogP contribution in [0.2, 0.25) is 0 Å². The molecule has 0 radical (unpaired) electrons. The van der Waals surface area contributed by atoms with E-state index in [-0.39, 0.29) is 13.0 Å². The molecule has 3 aromatic rings. The zero-order valence-corrected chi connectivity index (χ0v) is 24.2. The lowest BCUT2D eigenvalue weighted by Crippen LogP contribution is -2.56. The molecule has 1 atom stereocenters. The Balaban J connectivity index is 1.72. The van der Waals surface area contributed by atoms with Gasteiger partial charge in [-0.1, -0.05) is 53.1 Å². The van der Waals surface area contributed by atoms with Crippen LogP contribution in [0, 0.1) is 20.8 Å². The average Bonchev–Trinajstić information content (AvgIpc) is 3.13. The van der Waals surface area contributed by atoms with Crippen LogP contribution < -0.4 is 20.9 Å². The summed E-state index contributed by atoms with van der Waals surface area (Å²) in [4.78, 5) is 42.9. The molecular formula is C32H38N4O5. The van der Waals surface area contributed by atoms with Crippen LogP contribution in [0.25, 0.3) is 0 Å². The molecule has 41 heavy (non-hydrogen) atoms. The second-order valence-electron chi connectivity index (χ2n) is 10.2. The Hall–Kier alpha value is -4.21. The van der Waals surface area contributed by atoms with Gasteiger partial charge >= 0.3 is 6.03 Å². The Labute approximate surface area is 241 Å². The number of amides is 4. The highest BCUT2D eigenvalue weighted by molar-refractivity contribution is 6.13. The second kappa shape index (κ2) is 13.0. The maximum atomic E-state index is 14.4. The minimum atomic E-state index is -1.67. The molecule has 216 valence electrons. The van der Waals surface area contributed by atoms with Crippen molar-refractivity contribution in [3.63, 3.8) is 0 Å². The van der Waals surface area contributed by atoms with Crippen molar-refractivity contribution in [2.24, 2.45) is 0 Å². The number of anilines is 3. The standard InChI is InChI=1S/C32H38N4O5/c1-6-40-29(41-7-2)20-36-27-17-12-23(5)18-26(27)32(30(36)38,19-28(37)33-24-13-8-21(3)9-14-24)35-31(39)34-25-15-10-22(4)11-16-25/h8-18,29H,6-7,19-20H2,1-5H3,(H,33,37)(H2,34,35,39). The van der Waals surface area contributed by atoms with Gasteiger partial charge in [0.2, 0.25) is 5.91 Å². The molecule has 1 aliphatic rings. The number of rotatable bonds is 11. The Morgan fingerprint density at radius 2 is 1.34 bits per heavy atom. The monoisotopic (exact) mass is 558 g/mol. The van der Waals surface area contributed by atoms with Crippen molar-refractivity contribution in [1.29, 1.82) is 0 Å². The number of carbonyl (C=O) groups is 3. The number of hydrogen-bond donors (Lipinski definition) is 3. The van der Waals surface area contributed by atoms with E-state index in [0.29, 0.717) is 35.8 Å². The van der Waals surface area contributed by atoms with Gasteiger partial charge < -0.3 is 30.3 Å². The summed E-state index contributed by atoms with van der Waals surface area (Å²) >= 11 is 0. The number of ether oxygens (including phenoxy) is 2. The summed E-state index contributed by atoms with van der Waals surface area (Å²) < 4.78 is 11.5. The zero-order valence-electron chi connectivity index (χ0n) is 24.2. The largest absolute Gasteiger partial charge is 0.351 e. The fraction of sp³-hybridized carbons (Fsp3) is 0.344. The van der Waals surface area contributed by atoms with E-state index in [1.165, 1.54) is 4.90 Å². The first-order chi connectivity index (χ1) is 19.6. The number of fused-ring (bicyclic) bond motifs is 1. The molecule has 4 amide bonds. The molecular weight excluding hydrogens is 520 g/mol. The van der Waals surface area contributed by atoms with Crippen molar-refractivity contribution in [3.05, 3.63) is 89.0 Å². The zero-order chi connectivity index (χ0) is 29.6. The van der Waals surface area contributed by atoms with Crippen LogP contribution in [0.3, 0.4) is 0 Å². The van der Waals surface area contributed by atoms with Gasteiger partial charge in [-0.05, 0) is 65.0 Å². The van der Waals surface area contributed by atoms with E-state index >= 15 is 0 Å². The van der Waals surface area contributed by atoms with Gasteiger partial charge in [-0.3, -0.25) is 9.59 Å². The summed E-state index contributed by atoms with van der Waals surface area (Å²) in [5.74, 6) is -0.862. The van der Waals surface area contributed by atoms with E-state index in [2.05, 4.69) is 16.0 Å². The molecule has 0 saturated carbocycles. The molecule has 9 heteroatoms. The molecule has 0 saturated heterocycles. The van der Waals surface area contributed by atoms with Crippen LogP contribution >= 0.6 is 0 Å². The van der Waals surface area contributed by atoms with Gasteiger partial charge in [0.05, 0.1) is 18.7 Å². The summed E-state index contributed by atoms with van der Waals surface area (Å²) in [5.41, 5.74) is 3.59. The maximum Gasteiger partial charge on any atom is 0.320 e. The molecule has 0 bridgehead atoms. The van der Waals surface area contributed by atoms with E-state index in [9.17, 15) is 14.4 Å². The summed E-state index contributed by atoms with van der Waals surface area (Å²) in [6.45, 7) is 10.4. The number of hydrogen-bond acceptors (Lipinski definition) is 5. The number of nitrogens with one attached hydrogen (secondary N) is 3. The molecule has 3 N–H and O–H groups in total. The van der Waals surface area contributed by atoms with Gasteiger partial charge in [0, 0.05) is 30.2 Å². The predicted octanol–water partition coefficient (Wildman–Crippen LogP) is 5.40. The van der Waals surface area contributed by atoms with Gasteiger partial charge in [-0.2, -0.15) is 0 Å². The number of carbonyl (C=O) groups excluding carboxylic acids is 3. The molecule has 0 aliphatic carbocycles. The third kappa shape index (κ3) is 6.93. The molecule has 9 nitrogen and oxygen atoms in total. The van der Waals surface area contributed by atoms with Crippen molar-refractivity contribution in [1.82, 2.24) is 5.32 Å². The topological polar surface area (TPSA) is 109 Å². The number of benzene rings is 3. The highest BCUT2D eigenvalue weighted by Crippen LogP contribution is 2.43. The van der Waals surface area contributed by atoms with Crippen LogP contribution in [0.4, 0.5) is 21.9 Å². The van der Waals surface area contributed by atoms with E-state index < -0.39 is 29.7 Å². The summed E-state index contributed by atoms with van der Waals surface area (Å²) in [7, 11) is 0. The predicted molar refractivity (Wildman–Crippen MR) is 160 cm³/mol. The van der Waals surface area contributed by atoms with Gasteiger partial charge in [0.15, 0.2) is 11.8 Å². The fourth-order valence-electron chi connectivity index (χ4n) is 4.95. The van der Waals surface area contributed by atoms with Crippen LogP contribution in [0.15, 0.2) is 66.7 Å². The summed E-state index contributed by atoms with van der Waals surface area (Å²) in [6.07, 6.45) is -0.997. The Morgan fingerprint density at radius 3 is 1.90 bits per heavy atom. The Morgan fingerprint density at radius 1 is 0.805 bits per heavy atom. The van der Waals surface area contributed by atoms with E-state index in [1.807, 2.05) is 77.1 Å². The van der Waals surface area contributed by atoms with Gasteiger partial charge in [-0.25, -0.2) is 4.79 Å². The molecule has 1 unspecified atom stereocenters. The number of nitrogens with zero attached hydrogens (tertiary/aromatic N) is 1. The van der Waals surface area contributed by atoms with Crippen LogP contribution in [0.1, 0.15) is 42.5 Å². The van der Waals surface area contributed by atoms with Crippen LogP contribution in [-0.4, -0.2) is 43.9 Å². The molecule has 3 aromatic carbocycles. The normalized spacial score (nSPS) is 16.0. The van der Waals surface area contributed by atoms with Gasteiger partial charge in [0.25, 0.3) is 5.91 Å². The fourth-order valence-corrected chi connectivity index (χ4v) is 4.95. The molecule has 0 spiro atoms. The highest BCUT2D eigenvalue weighted by Gasteiger charge is 2.54. The number of urea groups is 1. The Kier molecular flexibility index (Phi) is 9.42. The lowest BCUT2D eigenvalue weighted by molar-refractivity contribution is -0.138. The van der Waals surface area contributed by atoms with Crippen molar-refractivity contribution < 1.29 is 23.9 Å². The van der Waals surface area contributed by atoms with Crippen molar-refractivity contribution in [2.45, 2.75) is 52.9 Å². The minimum absolute atomic E-state index is 0.0964. The van der Waals surface area contributed by atoms with Crippen molar-refractivity contribution in [3.8, 4) is 0 Å². The highest BCUT2D eigenvalue weighted by atomic mass is 16.7. The maximum absolute atomic E-state index is 14.4. The molecule has 1 aliphatic heterocycles. The third-order valence-electron chi connectivity index (χ3n) is 6.95. The van der Waals surface area contributed by atoms with E-state index in [1.54, 1.807) is 24.3 Å². The first kappa shape index (κ1) is 29.8. The quantitative estimate of drug-likeness (QED) is 0.273. The Bertz CT molecular complexity index is 1320. The lowest BCUT2D eigenvalue weighted by Gasteiger charge is -2.30. The van der Waals surface area contributed by atoms with Crippen molar-refractivity contribution in [2.75, 3.05) is 35.3 Å². The average molecular weight is 559 g/mol. The smallest absolute Gasteiger partial charge is 0.320 e. The SMILES string of the molecule is CCOC(CN1C(=O)C(CC(=O)Nc2ccc(C)cc2)(NC(=O)Nc2ccc(C)cc2)c2cc(C)ccc21)OCC. The molecule has 0 fully saturated rings. The third-order valence-corrected chi connectivity index (χ3v) is 6.95. The summed E-state index contributed by atoms with van der Waals surface area (Å²) in [6, 6.07) is 19.7. The first-order valence-corrected chi connectivity index (χ1v) is 13.8. The van der Waals surface area contributed by atoms with E-state index in [0.717, 1.165) is 16.7 Å². The van der Waals surface area contributed by atoms with E-state index in [4.69, 9.17) is 9.47 Å². The molecule has 4 rings (SSSR count). The van der Waals surface area contributed by atoms with Crippen molar-refractivity contribution >= 4 is 34.9 Å². The first-order valence-electron chi connectivity index (χ1n) is 13.8. The number of aryl methyl sites for hydroxylation is 3. The van der Waals surface area contributed by atoms with Crippen LogP contribution in [-0.2, 0) is 24.6 Å². The minimum Gasteiger partial charge on any atom is -0.351 e. The summed E-state index contributed by atoms with van der Waals surface area (Å²) in [5, 5.41) is 8.59. The molecule has 0 aromatic heterocycles. The second-order valence-corrected chi connectivity index (χ2v) is 10.2. The van der Waals surface area contributed by atoms with Crippen LogP contribution in [0.5, 0.6) is 0 Å². The van der Waals surface area contributed by atoms with Gasteiger partial charge in [-0.15, -0.1) is 0 Å². The van der Waals surface area contributed by atoms with Gasteiger partial charge in [0.1, 0.15) is 0 Å². The molecule has 1 heterocycles.